The number of hydrogen-bond donors (Lipinski definition) is 1. The molecule has 0 radical (unpaired) electrons. The zero-order chi connectivity index (χ0) is 14.2. The van der Waals surface area contributed by atoms with Gasteiger partial charge in [0.1, 0.15) is 0 Å². The number of benzene rings is 1. The lowest BCUT2D eigenvalue weighted by Crippen LogP contribution is -2.44. The molecule has 0 saturated carbocycles. The Labute approximate surface area is 117 Å². The number of carbonyl (C=O) groups is 1. The molecule has 2 heterocycles. The van der Waals surface area contributed by atoms with Crippen molar-refractivity contribution in [3.05, 3.63) is 24.3 Å². The fourth-order valence-electron chi connectivity index (χ4n) is 2.46. The maximum absolute atomic E-state index is 12.5. The maximum Gasteiger partial charge on any atom is 0.286 e. The third kappa shape index (κ3) is 2.07. The van der Waals surface area contributed by atoms with Crippen molar-refractivity contribution >= 4 is 26.5 Å². The number of hydrazone groups is 1. The Kier molecular flexibility index (Phi) is 3.21. The third-order valence-corrected chi connectivity index (χ3v) is 5.25. The van der Waals surface area contributed by atoms with Crippen LogP contribution in [0.5, 0.6) is 0 Å². The van der Waals surface area contributed by atoms with E-state index in [-0.39, 0.29) is 4.90 Å². The summed E-state index contributed by atoms with van der Waals surface area (Å²) < 4.78 is 24.9. The molecule has 0 aliphatic carbocycles. The Morgan fingerprint density at radius 3 is 2.60 bits per heavy atom. The average molecular weight is 293 g/mol. The van der Waals surface area contributed by atoms with Gasteiger partial charge in [0.15, 0.2) is 0 Å². The number of amides is 1. The van der Waals surface area contributed by atoms with Gasteiger partial charge in [-0.25, -0.2) is 8.42 Å². The van der Waals surface area contributed by atoms with E-state index in [0.29, 0.717) is 18.8 Å². The first-order valence-electron chi connectivity index (χ1n) is 6.58. The minimum absolute atomic E-state index is 0.107. The number of carbonyl (C=O) groups excluding carboxylic acids is 1. The highest BCUT2D eigenvalue weighted by Gasteiger charge is 2.37. The van der Waals surface area contributed by atoms with Crippen molar-refractivity contribution in [3.63, 3.8) is 0 Å². The molecule has 0 spiro atoms. The molecule has 1 N–H and O–H groups in total. The van der Waals surface area contributed by atoms with E-state index in [9.17, 15) is 13.2 Å². The van der Waals surface area contributed by atoms with E-state index >= 15 is 0 Å². The topological polar surface area (TPSA) is 78.8 Å². The molecule has 1 saturated heterocycles. The van der Waals surface area contributed by atoms with Crippen LogP contribution in [0.15, 0.2) is 34.3 Å². The van der Waals surface area contributed by atoms with Gasteiger partial charge in [-0.05, 0) is 31.4 Å². The molecule has 20 heavy (non-hydrogen) atoms. The van der Waals surface area contributed by atoms with Crippen molar-refractivity contribution in [2.24, 2.45) is 5.10 Å². The van der Waals surface area contributed by atoms with Crippen LogP contribution in [-0.2, 0) is 14.6 Å². The Balaban J connectivity index is 1.96. The van der Waals surface area contributed by atoms with Crippen molar-refractivity contribution in [1.29, 1.82) is 0 Å². The van der Waals surface area contributed by atoms with Gasteiger partial charge in [-0.2, -0.15) is 5.10 Å². The number of likely N-dealkylation sites (tertiary alicyclic amines) is 1. The first kappa shape index (κ1) is 13.1. The summed E-state index contributed by atoms with van der Waals surface area (Å²) in [5.74, 6) is -0.508. The highest BCUT2D eigenvalue weighted by Crippen LogP contribution is 2.27. The molecule has 0 unspecified atom stereocenters. The van der Waals surface area contributed by atoms with Gasteiger partial charge in [-0.3, -0.25) is 10.2 Å². The van der Waals surface area contributed by atoms with Crippen LogP contribution in [0.2, 0.25) is 0 Å². The Hall–Kier alpha value is -1.89. The van der Waals surface area contributed by atoms with Gasteiger partial charge in [0, 0.05) is 13.1 Å². The minimum Gasteiger partial charge on any atom is -0.337 e. The van der Waals surface area contributed by atoms with E-state index < -0.39 is 20.8 Å². The van der Waals surface area contributed by atoms with Crippen LogP contribution in [0, 0.1) is 0 Å². The number of rotatable bonds is 1. The second-order valence-electron chi connectivity index (χ2n) is 4.88. The SMILES string of the molecule is O=C(C1=NNc2ccccc2S1(=O)=O)N1CCCCC1. The van der Waals surface area contributed by atoms with E-state index in [1.807, 2.05) is 0 Å². The fraction of sp³-hybridized carbons (Fsp3) is 0.385. The van der Waals surface area contributed by atoms with E-state index in [2.05, 4.69) is 10.5 Å². The summed E-state index contributed by atoms with van der Waals surface area (Å²) in [6, 6.07) is 6.45. The van der Waals surface area contributed by atoms with E-state index in [1.165, 1.54) is 6.07 Å². The Morgan fingerprint density at radius 1 is 1.15 bits per heavy atom. The predicted molar refractivity (Wildman–Crippen MR) is 75.1 cm³/mol. The van der Waals surface area contributed by atoms with Crippen LogP contribution in [0.25, 0.3) is 0 Å². The lowest BCUT2D eigenvalue weighted by Gasteiger charge is -2.28. The lowest BCUT2D eigenvalue weighted by molar-refractivity contribution is -0.124. The predicted octanol–water partition coefficient (Wildman–Crippen LogP) is 1.21. The number of nitrogens with zero attached hydrogens (tertiary/aromatic N) is 2. The standard InChI is InChI=1S/C13H15N3O3S/c17-13(16-8-4-1-5-9-16)12-15-14-10-6-2-3-7-11(10)20(12,18)19/h2-3,6-7,14H,1,4-5,8-9H2. The summed E-state index contributed by atoms with van der Waals surface area (Å²) in [6.07, 6.45) is 2.89. The Bertz CT molecular complexity index is 676. The van der Waals surface area contributed by atoms with Crippen LogP contribution in [-0.4, -0.2) is 37.4 Å². The average Bonchev–Trinajstić information content (AvgIpc) is 2.48. The molecular weight excluding hydrogens is 278 g/mol. The first-order valence-corrected chi connectivity index (χ1v) is 8.06. The number of piperidine rings is 1. The molecule has 1 amide bonds. The van der Waals surface area contributed by atoms with Gasteiger partial charge in [0.25, 0.3) is 5.91 Å². The Morgan fingerprint density at radius 2 is 1.85 bits per heavy atom. The quantitative estimate of drug-likeness (QED) is 0.844. The molecule has 106 valence electrons. The van der Waals surface area contributed by atoms with E-state index in [0.717, 1.165) is 19.3 Å². The summed E-state index contributed by atoms with van der Waals surface area (Å²) in [5, 5.41) is 3.38. The number of anilines is 1. The minimum atomic E-state index is -3.84. The first-order chi connectivity index (χ1) is 9.60. The summed E-state index contributed by atoms with van der Waals surface area (Å²) >= 11 is 0. The summed E-state index contributed by atoms with van der Waals surface area (Å²) in [5.41, 5.74) is 3.05. The van der Waals surface area contributed by atoms with E-state index in [1.54, 1.807) is 23.1 Å². The van der Waals surface area contributed by atoms with Gasteiger partial charge < -0.3 is 4.90 Å². The van der Waals surface area contributed by atoms with Crippen LogP contribution < -0.4 is 5.43 Å². The number of fused-ring (bicyclic) bond motifs is 1. The normalized spacial score (nSPS) is 20.6. The highest BCUT2D eigenvalue weighted by atomic mass is 32.2. The molecule has 2 aliphatic rings. The second-order valence-corrected chi connectivity index (χ2v) is 6.71. The number of para-hydroxylation sites is 1. The summed E-state index contributed by atoms with van der Waals surface area (Å²) in [7, 11) is -3.84. The maximum atomic E-state index is 12.5. The monoisotopic (exact) mass is 293 g/mol. The highest BCUT2D eigenvalue weighted by molar-refractivity contribution is 8.08. The van der Waals surface area contributed by atoms with Crippen LogP contribution in [0.1, 0.15) is 19.3 Å². The fourth-order valence-corrected chi connectivity index (χ4v) is 3.86. The summed E-state index contributed by atoms with van der Waals surface area (Å²) in [4.78, 5) is 14.0. The third-order valence-electron chi connectivity index (χ3n) is 3.54. The zero-order valence-electron chi connectivity index (χ0n) is 10.9. The molecule has 1 aromatic rings. The number of nitrogens with one attached hydrogen (secondary N) is 1. The molecule has 0 atom stereocenters. The number of sulfone groups is 1. The van der Waals surface area contributed by atoms with Crippen molar-refractivity contribution in [3.8, 4) is 0 Å². The van der Waals surface area contributed by atoms with E-state index in [4.69, 9.17) is 0 Å². The van der Waals surface area contributed by atoms with Crippen molar-refractivity contribution in [1.82, 2.24) is 4.90 Å². The molecule has 6 nitrogen and oxygen atoms in total. The van der Waals surface area contributed by atoms with Gasteiger partial charge in [0.05, 0.1) is 10.6 Å². The molecule has 3 rings (SSSR count). The molecule has 1 fully saturated rings. The molecule has 0 aromatic heterocycles. The second kappa shape index (κ2) is 4.90. The zero-order valence-corrected chi connectivity index (χ0v) is 11.7. The molecular formula is C13H15N3O3S. The largest absolute Gasteiger partial charge is 0.337 e. The van der Waals surface area contributed by atoms with Crippen LogP contribution in [0.4, 0.5) is 5.69 Å². The van der Waals surface area contributed by atoms with Crippen LogP contribution in [0.3, 0.4) is 0 Å². The van der Waals surface area contributed by atoms with Crippen molar-refractivity contribution < 1.29 is 13.2 Å². The lowest BCUT2D eigenvalue weighted by atomic mass is 10.1. The molecule has 0 bridgehead atoms. The van der Waals surface area contributed by atoms with Gasteiger partial charge in [-0.1, -0.05) is 12.1 Å². The molecule has 2 aliphatic heterocycles. The van der Waals surface area contributed by atoms with Gasteiger partial charge >= 0.3 is 0 Å². The van der Waals surface area contributed by atoms with Crippen molar-refractivity contribution in [2.75, 3.05) is 18.5 Å². The number of hydrogen-bond acceptors (Lipinski definition) is 5. The summed E-state index contributed by atoms with van der Waals surface area (Å²) in [6.45, 7) is 1.18. The van der Waals surface area contributed by atoms with Gasteiger partial charge in [-0.15, -0.1) is 0 Å². The van der Waals surface area contributed by atoms with Crippen molar-refractivity contribution in [2.45, 2.75) is 24.2 Å². The van der Waals surface area contributed by atoms with Crippen LogP contribution >= 0.6 is 0 Å². The smallest absolute Gasteiger partial charge is 0.286 e. The van der Waals surface area contributed by atoms with Gasteiger partial charge in [0.2, 0.25) is 14.9 Å². The molecule has 7 heteroatoms. The molecule has 1 aromatic carbocycles.